The fourth-order valence-electron chi connectivity index (χ4n) is 2.36. The van der Waals surface area contributed by atoms with Gasteiger partial charge in [0, 0.05) is 16.1 Å². The van der Waals surface area contributed by atoms with E-state index in [2.05, 4.69) is 15.2 Å². The van der Waals surface area contributed by atoms with Crippen molar-refractivity contribution in [3.05, 3.63) is 71.2 Å². The summed E-state index contributed by atoms with van der Waals surface area (Å²) in [7, 11) is 0. The molecule has 0 saturated heterocycles. The van der Waals surface area contributed by atoms with Crippen LogP contribution < -0.4 is 0 Å². The van der Waals surface area contributed by atoms with Crippen molar-refractivity contribution in [2.45, 2.75) is 17.9 Å². The van der Waals surface area contributed by atoms with Gasteiger partial charge in [0.15, 0.2) is 5.76 Å². The van der Waals surface area contributed by atoms with E-state index in [1.54, 1.807) is 6.20 Å². The van der Waals surface area contributed by atoms with Crippen molar-refractivity contribution in [1.82, 2.24) is 15.2 Å². The number of benzene rings is 2. The van der Waals surface area contributed by atoms with E-state index in [0.717, 1.165) is 11.1 Å². The molecule has 0 unspecified atom stereocenters. The Morgan fingerprint density at radius 3 is 2.65 bits per heavy atom. The first-order chi connectivity index (χ1) is 12.7. The lowest BCUT2D eigenvalue weighted by atomic mass is 10.1. The maximum Gasteiger partial charge on any atom is 0.277 e. The highest BCUT2D eigenvalue weighted by Crippen LogP contribution is 2.28. The molecule has 5 nitrogen and oxygen atoms in total. The van der Waals surface area contributed by atoms with Gasteiger partial charge in [0.05, 0.1) is 11.9 Å². The van der Waals surface area contributed by atoms with E-state index in [1.807, 2.05) is 55.5 Å². The lowest BCUT2D eigenvalue weighted by molar-refractivity contribution is 0.464. The van der Waals surface area contributed by atoms with E-state index < -0.39 is 0 Å². The second-order valence-corrected chi connectivity index (χ2v) is 7.02. The molecule has 0 atom stereocenters. The van der Waals surface area contributed by atoms with Crippen molar-refractivity contribution < 1.29 is 8.83 Å². The van der Waals surface area contributed by atoms with Crippen LogP contribution in [-0.4, -0.2) is 15.2 Å². The Hall–Kier alpha value is -2.57. The molecule has 130 valence electrons. The van der Waals surface area contributed by atoms with Crippen molar-refractivity contribution >= 4 is 23.4 Å². The summed E-state index contributed by atoms with van der Waals surface area (Å²) in [5.74, 6) is 2.25. The molecular formula is C19H14ClN3O2S. The van der Waals surface area contributed by atoms with E-state index in [0.29, 0.717) is 33.5 Å². The van der Waals surface area contributed by atoms with Crippen LogP contribution in [0, 0.1) is 6.92 Å². The maximum atomic E-state index is 6.01. The molecule has 0 saturated carbocycles. The lowest BCUT2D eigenvalue weighted by Crippen LogP contribution is -1.79. The molecular weight excluding hydrogens is 370 g/mol. The van der Waals surface area contributed by atoms with E-state index in [1.165, 1.54) is 17.3 Å². The largest absolute Gasteiger partial charge is 0.440 e. The van der Waals surface area contributed by atoms with Crippen LogP contribution in [0.15, 0.2) is 68.8 Å². The Morgan fingerprint density at radius 1 is 1.00 bits per heavy atom. The van der Waals surface area contributed by atoms with Crippen LogP contribution in [0.3, 0.4) is 0 Å². The zero-order chi connectivity index (χ0) is 17.9. The second kappa shape index (κ2) is 7.35. The highest BCUT2D eigenvalue weighted by molar-refractivity contribution is 7.98. The summed E-state index contributed by atoms with van der Waals surface area (Å²) in [6.45, 7) is 2.03. The van der Waals surface area contributed by atoms with Crippen LogP contribution in [0.2, 0.25) is 5.02 Å². The van der Waals surface area contributed by atoms with E-state index >= 15 is 0 Å². The van der Waals surface area contributed by atoms with Crippen LogP contribution in [0.4, 0.5) is 0 Å². The Bertz CT molecular complexity index is 1030. The average Bonchev–Trinajstić information content (AvgIpc) is 3.30. The van der Waals surface area contributed by atoms with Gasteiger partial charge in [-0.05, 0) is 31.2 Å². The van der Waals surface area contributed by atoms with Gasteiger partial charge in [0.25, 0.3) is 5.22 Å². The van der Waals surface area contributed by atoms with Crippen molar-refractivity contribution in [1.29, 1.82) is 0 Å². The number of hydrogen-bond acceptors (Lipinski definition) is 6. The third-order valence-electron chi connectivity index (χ3n) is 3.69. The molecule has 0 spiro atoms. The topological polar surface area (TPSA) is 65.0 Å². The molecule has 2 heterocycles. The van der Waals surface area contributed by atoms with Gasteiger partial charge in [-0.3, -0.25) is 0 Å². The van der Waals surface area contributed by atoms with Gasteiger partial charge >= 0.3 is 0 Å². The van der Waals surface area contributed by atoms with E-state index in [9.17, 15) is 0 Å². The normalized spacial score (nSPS) is 11.0. The smallest absolute Gasteiger partial charge is 0.277 e. The van der Waals surface area contributed by atoms with E-state index in [4.69, 9.17) is 20.4 Å². The molecule has 0 aliphatic carbocycles. The number of aromatic nitrogens is 3. The van der Waals surface area contributed by atoms with Gasteiger partial charge in [-0.25, -0.2) is 4.98 Å². The number of hydrogen-bond donors (Lipinski definition) is 0. The number of rotatable bonds is 5. The number of nitrogens with zero attached hydrogens (tertiary/aromatic N) is 3. The quantitative estimate of drug-likeness (QED) is 0.415. The van der Waals surface area contributed by atoms with Crippen LogP contribution in [0.5, 0.6) is 0 Å². The van der Waals surface area contributed by atoms with Gasteiger partial charge in [0.1, 0.15) is 0 Å². The fraction of sp³-hybridized carbons (Fsp3) is 0.105. The molecule has 4 rings (SSSR count). The van der Waals surface area contributed by atoms with Crippen LogP contribution in [-0.2, 0) is 5.75 Å². The molecule has 4 aromatic rings. The first-order valence-electron chi connectivity index (χ1n) is 7.91. The first-order valence-corrected chi connectivity index (χ1v) is 9.28. The first kappa shape index (κ1) is 16.9. The van der Waals surface area contributed by atoms with Crippen molar-refractivity contribution in [3.8, 4) is 22.8 Å². The van der Waals surface area contributed by atoms with Crippen molar-refractivity contribution in [2.75, 3.05) is 0 Å². The molecule has 7 heteroatoms. The molecule has 26 heavy (non-hydrogen) atoms. The third kappa shape index (κ3) is 3.81. The molecule has 0 aliphatic heterocycles. The number of oxazole rings is 1. The Balaban J connectivity index is 1.43. The van der Waals surface area contributed by atoms with Gasteiger partial charge in [-0.15, -0.1) is 10.2 Å². The minimum atomic E-state index is 0.475. The Labute approximate surface area is 159 Å². The monoisotopic (exact) mass is 383 g/mol. The van der Waals surface area contributed by atoms with Crippen molar-refractivity contribution in [2.24, 2.45) is 0 Å². The summed E-state index contributed by atoms with van der Waals surface area (Å²) in [5, 5.41) is 9.29. The molecule has 0 N–H and O–H groups in total. The second-order valence-electron chi connectivity index (χ2n) is 5.66. The molecule has 2 aromatic heterocycles. The number of halogens is 1. The Kier molecular flexibility index (Phi) is 4.77. The van der Waals surface area contributed by atoms with Crippen LogP contribution in [0.25, 0.3) is 22.8 Å². The zero-order valence-electron chi connectivity index (χ0n) is 13.8. The maximum absolute atomic E-state index is 6.01. The van der Waals surface area contributed by atoms with Crippen LogP contribution >= 0.6 is 23.4 Å². The molecule has 0 aliphatic rings. The zero-order valence-corrected chi connectivity index (χ0v) is 15.4. The van der Waals surface area contributed by atoms with Crippen LogP contribution in [0.1, 0.15) is 11.5 Å². The minimum Gasteiger partial charge on any atom is -0.440 e. The summed E-state index contributed by atoms with van der Waals surface area (Å²) in [4.78, 5) is 4.29. The standard InChI is InChI=1S/C19H14ClN3O2S/c1-12-5-7-13(8-6-12)18-22-23-19(25-18)26-11-17-21-10-16(24-17)14-3-2-4-15(20)9-14/h2-10H,11H2,1H3. The van der Waals surface area contributed by atoms with Gasteiger partial charge in [0.2, 0.25) is 11.8 Å². The summed E-state index contributed by atoms with van der Waals surface area (Å²) >= 11 is 7.39. The summed E-state index contributed by atoms with van der Waals surface area (Å²) in [5.41, 5.74) is 2.97. The minimum absolute atomic E-state index is 0.475. The predicted octanol–water partition coefficient (Wildman–Crippen LogP) is 5.65. The molecule has 2 aromatic carbocycles. The molecule has 0 fully saturated rings. The number of thioether (sulfide) groups is 1. The summed E-state index contributed by atoms with van der Waals surface area (Å²) < 4.78 is 11.5. The lowest BCUT2D eigenvalue weighted by Gasteiger charge is -1.97. The summed E-state index contributed by atoms with van der Waals surface area (Å²) in [6, 6.07) is 15.4. The SMILES string of the molecule is Cc1ccc(-c2nnc(SCc3ncc(-c4cccc(Cl)c4)o3)o2)cc1. The Morgan fingerprint density at radius 2 is 1.85 bits per heavy atom. The van der Waals surface area contributed by atoms with Gasteiger partial charge < -0.3 is 8.83 Å². The molecule has 0 radical (unpaired) electrons. The van der Waals surface area contributed by atoms with E-state index in [-0.39, 0.29) is 0 Å². The molecule has 0 amide bonds. The fourth-order valence-corrected chi connectivity index (χ4v) is 3.16. The summed E-state index contributed by atoms with van der Waals surface area (Å²) in [6.07, 6.45) is 1.69. The van der Waals surface area contributed by atoms with Crippen molar-refractivity contribution in [3.63, 3.8) is 0 Å². The highest BCUT2D eigenvalue weighted by Gasteiger charge is 2.12. The number of aryl methyl sites for hydroxylation is 1. The predicted molar refractivity (Wildman–Crippen MR) is 101 cm³/mol. The van der Waals surface area contributed by atoms with Gasteiger partial charge in [-0.2, -0.15) is 0 Å². The average molecular weight is 384 g/mol. The molecule has 0 bridgehead atoms. The highest BCUT2D eigenvalue weighted by atomic mass is 35.5. The third-order valence-corrected chi connectivity index (χ3v) is 4.73. The van der Waals surface area contributed by atoms with Gasteiger partial charge in [-0.1, -0.05) is 53.2 Å².